The average molecular weight is 313 g/mol. The summed E-state index contributed by atoms with van der Waals surface area (Å²) >= 11 is 3.46. The molecule has 1 saturated carbocycles. The lowest BCUT2D eigenvalue weighted by atomic mass is 9.89. The first-order valence-corrected chi connectivity index (χ1v) is 7.49. The van der Waals surface area contributed by atoms with Crippen molar-refractivity contribution in [3.63, 3.8) is 0 Å². The molecule has 1 aliphatic rings. The third-order valence-corrected chi connectivity index (χ3v) is 4.18. The van der Waals surface area contributed by atoms with Crippen molar-refractivity contribution >= 4 is 15.9 Å². The van der Waals surface area contributed by atoms with Gasteiger partial charge >= 0.3 is 0 Å². The summed E-state index contributed by atoms with van der Waals surface area (Å²) in [5.41, 5.74) is 0.872. The number of benzene rings is 1. The van der Waals surface area contributed by atoms with E-state index in [-0.39, 0.29) is 0 Å². The summed E-state index contributed by atoms with van der Waals surface area (Å²) in [7, 11) is 0. The standard InChI is InChI=1S/C15H21BrO2/c1-10-3-6-13(7-4-10)18-15-9-12(16)5-8-14(15)11(2)17/h5,8-11,13,17H,3-4,6-7H2,1-2H3/t10?,11-,13?/m1/s1. The minimum atomic E-state index is -0.490. The monoisotopic (exact) mass is 312 g/mol. The number of aliphatic hydroxyl groups is 1. The first-order chi connectivity index (χ1) is 8.56. The van der Waals surface area contributed by atoms with Crippen LogP contribution < -0.4 is 4.74 Å². The first-order valence-electron chi connectivity index (χ1n) is 6.70. The summed E-state index contributed by atoms with van der Waals surface area (Å²) < 4.78 is 7.08. The molecule has 1 fully saturated rings. The maximum Gasteiger partial charge on any atom is 0.126 e. The van der Waals surface area contributed by atoms with E-state index in [1.807, 2.05) is 18.2 Å². The van der Waals surface area contributed by atoms with Crippen molar-refractivity contribution in [2.75, 3.05) is 0 Å². The molecule has 0 aliphatic heterocycles. The summed E-state index contributed by atoms with van der Waals surface area (Å²) in [5, 5.41) is 9.77. The highest BCUT2D eigenvalue weighted by atomic mass is 79.9. The molecule has 3 heteroatoms. The summed E-state index contributed by atoms with van der Waals surface area (Å²) in [6, 6.07) is 5.83. The Morgan fingerprint density at radius 2 is 1.94 bits per heavy atom. The second kappa shape index (κ2) is 6.07. The highest BCUT2D eigenvalue weighted by Crippen LogP contribution is 2.33. The smallest absolute Gasteiger partial charge is 0.126 e. The largest absolute Gasteiger partial charge is 0.490 e. The molecule has 100 valence electrons. The van der Waals surface area contributed by atoms with E-state index in [2.05, 4.69) is 22.9 Å². The molecule has 1 atom stereocenters. The zero-order valence-corrected chi connectivity index (χ0v) is 12.6. The number of rotatable bonds is 3. The zero-order chi connectivity index (χ0) is 13.1. The van der Waals surface area contributed by atoms with Crippen molar-refractivity contribution in [2.24, 2.45) is 5.92 Å². The summed E-state index contributed by atoms with van der Waals surface area (Å²) in [6.07, 6.45) is 4.52. The van der Waals surface area contributed by atoms with Crippen molar-refractivity contribution < 1.29 is 9.84 Å². The van der Waals surface area contributed by atoms with Crippen LogP contribution >= 0.6 is 15.9 Å². The Balaban J connectivity index is 2.10. The molecular weight excluding hydrogens is 292 g/mol. The van der Waals surface area contributed by atoms with E-state index in [0.29, 0.717) is 6.10 Å². The summed E-state index contributed by atoms with van der Waals surface area (Å²) in [4.78, 5) is 0. The van der Waals surface area contributed by atoms with Crippen LogP contribution in [0.3, 0.4) is 0 Å². The minimum Gasteiger partial charge on any atom is -0.490 e. The molecule has 0 unspecified atom stereocenters. The zero-order valence-electron chi connectivity index (χ0n) is 11.0. The Morgan fingerprint density at radius 3 is 2.56 bits per heavy atom. The van der Waals surface area contributed by atoms with Gasteiger partial charge in [-0.05, 0) is 50.7 Å². The molecule has 1 aromatic rings. The van der Waals surface area contributed by atoms with Crippen molar-refractivity contribution in [1.82, 2.24) is 0 Å². The lowest BCUT2D eigenvalue weighted by Gasteiger charge is -2.28. The predicted octanol–water partition coefficient (Wildman–Crippen LogP) is 4.46. The number of ether oxygens (including phenoxy) is 1. The van der Waals surface area contributed by atoms with Crippen molar-refractivity contribution in [1.29, 1.82) is 0 Å². The van der Waals surface area contributed by atoms with Crippen molar-refractivity contribution in [3.05, 3.63) is 28.2 Å². The van der Waals surface area contributed by atoms with Crippen molar-refractivity contribution in [3.8, 4) is 5.75 Å². The third kappa shape index (κ3) is 3.48. The van der Waals surface area contributed by atoms with E-state index in [4.69, 9.17) is 4.74 Å². The highest BCUT2D eigenvalue weighted by molar-refractivity contribution is 9.10. The fourth-order valence-electron chi connectivity index (χ4n) is 2.48. The molecular formula is C15H21BrO2. The summed E-state index contributed by atoms with van der Waals surface area (Å²) in [6.45, 7) is 4.08. The minimum absolute atomic E-state index is 0.299. The molecule has 18 heavy (non-hydrogen) atoms. The average Bonchev–Trinajstić information content (AvgIpc) is 2.32. The number of halogens is 1. The van der Waals surface area contributed by atoms with E-state index in [9.17, 15) is 5.11 Å². The van der Waals surface area contributed by atoms with E-state index >= 15 is 0 Å². The first kappa shape index (κ1) is 13.9. The fourth-order valence-corrected chi connectivity index (χ4v) is 2.82. The number of hydrogen-bond donors (Lipinski definition) is 1. The van der Waals surface area contributed by atoms with Gasteiger partial charge in [-0.15, -0.1) is 0 Å². The van der Waals surface area contributed by atoms with Gasteiger partial charge in [-0.1, -0.05) is 28.9 Å². The topological polar surface area (TPSA) is 29.5 Å². The van der Waals surface area contributed by atoms with Gasteiger partial charge in [-0.25, -0.2) is 0 Å². The Hall–Kier alpha value is -0.540. The molecule has 0 heterocycles. The molecule has 1 aromatic carbocycles. The van der Waals surface area contributed by atoms with Crippen LogP contribution in [0.5, 0.6) is 5.75 Å². The molecule has 0 radical (unpaired) electrons. The Bertz CT molecular complexity index is 395. The van der Waals surface area contributed by atoms with Crippen LogP contribution in [0.15, 0.2) is 22.7 Å². The van der Waals surface area contributed by atoms with Gasteiger partial charge in [0.1, 0.15) is 5.75 Å². The maximum atomic E-state index is 9.77. The van der Waals surface area contributed by atoms with Gasteiger partial charge in [0.2, 0.25) is 0 Å². The molecule has 0 aromatic heterocycles. The Kier molecular flexibility index (Phi) is 4.68. The molecule has 2 nitrogen and oxygen atoms in total. The molecule has 1 N–H and O–H groups in total. The summed E-state index contributed by atoms with van der Waals surface area (Å²) in [5.74, 6) is 1.64. The second-order valence-corrected chi connectivity index (χ2v) is 6.27. The van der Waals surface area contributed by atoms with Crippen LogP contribution in [0.25, 0.3) is 0 Å². The maximum absolute atomic E-state index is 9.77. The van der Waals surface area contributed by atoms with Crippen LogP contribution in [0.4, 0.5) is 0 Å². The molecule has 2 rings (SSSR count). The molecule has 1 aliphatic carbocycles. The van der Waals surface area contributed by atoms with Gasteiger partial charge in [0.05, 0.1) is 12.2 Å². The Labute approximate surface area is 117 Å². The van der Waals surface area contributed by atoms with Gasteiger partial charge in [-0.2, -0.15) is 0 Å². The second-order valence-electron chi connectivity index (χ2n) is 5.36. The Morgan fingerprint density at radius 1 is 1.28 bits per heavy atom. The predicted molar refractivity (Wildman–Crippen MR) is 76.8 cm³/mol. The molecule has 0 spiro atoms. The quantitative estimate of drug-likeness (QED) is 0.893. The molecule has 0 amide bonds. The van der Waals surface area contributed by atoms with Gasteiger partial charge in [0.15, 0.2) is 0 Å². The SMILES string of the molecule is CC1CCC(Oc2cc(Br)ccc2[C@@H](C)O)CC1. The lowest BCUT2D eigenvalue weighted by Crippen LogP contribution is -2.23. The van der Waals surface area contributed by atoms with E-state index in [1.165, 1.54) is 12.8 Å². The lowest BCUT2D eigenvalue weighted by molar-refractivity contribution is 0.126. The van der Waals surface area contributed by atoms with Gasteiger partial charge in [0, 0.05) is 10.0 Å². The number of hydrogen-bond acceptors (Lipinski definition) is 2. The van der Waals surface area contributed by atoms with Crippen LogP contribution in [-0.4, -0.2) is 11.2 Å². The van der Waals surface area contributed by atoms with Crippen LogP contribution in [0.2, 0.25) is 0 Å². The third-order valence-electron chi connectivity index (χ3n) is 3.68. The van der Waals surface area contributed by atoms with Gasteiger partial charge in [0.25, 0.3) is 0 Å². The van der Waals surface area contributed by atoms with Gasteiger partial charge < -0.3 is 9.84 Å². The number of aliphatic hydroxyl groups excluding tert-OH is 1. The van der Waals surface area contributed by atoms with Crippen LogP contribution in [-0.2, 0) is 0 Å². The van der Waals surface area contributed by atoms with Crippen LogP contribution in [0.1, 0.15) is 51.2 Å². The molecule has 0 saturated heterocycles. The van der Waals surface area contributed by atoms with E-state index in [1.54, 1.807) is 6.92 Å². The van der Waals surface area contributed by atoms with Gasteiger partial charge in [-0.3, -0.25) is 0 Å². The fraction of sp³-hybridized carbons (Fsp3) is 0.600. The normalized spacial score (nSPS) is 25.8. The van der Waals surface area contributed by atoms with E-state index in [0.717, 1.165) is 34.5 Å². The highest BCUT2D eigenvalue weighted by Gasteiger charge is 2.21. The van der Waals surface area contributed by atoms with Crippen LogP contribution in [0, 0.1) is 5.92 Å². The molecule has 0 bridgehead atoms. The van der Waals surface area contributed by atoms with E-state index < -0.39 is 6.10 Å². The van der Waals surface area contributed by atoms with Crippen molar-refractivity contribution in [2.45, 2.75) is 51.7 Å².